The lowest BCUT2D eigenvalue weighted by Gasteiger charge is -2.02. The molecule has 0 aliphatic rings. The summed E-state index contributed by atoms with van der Waals surface area (Å²) < 4.78 is 1.02. The molecule has 0 N–H and O–H groups in total. The van der Waals surface area contributed by atoms with Gasteiger partial charge in [-0.2, -0.15) is 5.26 Å². The molecule has 4 heteroatoms. The van der Waals surface area contributed by atoms with E-state index in [9.17, 15) is 0 Å². The van der Waals surface area contributed by atoms with Crippen LogP contribution in [-0.4, -0.2) is 9.97 Å². The molecule has 0 aliphatic carbocycles. The molecule has 0 fully saturated rings. The van der Waals surface area contributed by atoms with Crippen LogP contribution in [0.4, 0.5) is 0 Å². The van der Waals surface area contributed by atoms with E-state index in [1.807, 2.05) is 30.3 Å². The van der Waals surface area contributed by atoms with Gasteiger partial charge in [0.05, 0.1) is 17.1 Å². The molecule has 0 spiro atoms. The molecule has 19 heavy (non-hydrogen) atoms. The summed E-state index contributed by atoms with van der Waals surface area (Å²) in [6.07, 6.45) is 1.75. The highest BCUT2D eigenvalue weighted by Crippen LogP contribution is 2.21. The predicted octanol–water partition coefficient (Wildman–Crippen LogP) is 3.93. The van der Waals surface area contributed by atoms with Crippen LogP contribution in [0.2, 0.25) is 0 Å². The van der Waals surface area contributed by atoms with Gasteiger partial charge in [-0.3, -0.25) is 0 Å². The van der Waals surface area contributed by atoms with E-state index in [2.05, 4.69) is 32.0 Å². The number of nitriles is 1. The zero-order valence-electron chi connectivity index (χ0n) is 9.84. The van der Waals surface area contributed by atoms with Gasteiger partial charge in [0.1, 0.15) is 0 Å². The van der Waals surface area contributed by atoms with Gasteiger partial charge in [0.25, 0.3) is 0 Å². The number of halogens is 1. The highest BCUT2D eigenvalue weighted by Gasteiger charge is 2.03. The number of hydrogen-bond donors (Lipinski definition) is 0. The molecule has 2 aromatic carbocycles. The van der Waals surface area contributed by atoms with E-state index >= 15 is 0 Å². The first kappa shape index (κ1) is 11.8. The molecule has 3 nitrogen and oxygen atoms in total. The van der Waals surface area contributed by atoms with E-state index in [-0.39, 0.29) is 0 Å². The van der Waals surface area contributed by atoms with Crippen LogP contribution in [0.1, 0.15) is 5.56 Å². The van der Waals surface area contributed by atoms with Crippen molar-refractivity contribution in [2.24, 2.45) is 0 Å². The first-order valence-corrected chi connectivity index (χ1v) is 6.48. The maximum absolute atomic E-state index is 8.86. The molecule has 3 aromatic rings. The van der Waals surface area contributed by atoms with Crippen LogP contribution in [0.25, 0.3) is 22.3 Å². The lowest BCUT2D eigenvalue weighted by Crippen LogP contribution is -1.90. The average Bonchev–Trinajstić information content (AvgIpc) is 2.47. The van der Waals surface area contributed by atoms with Gasteiger partial charge in [0.15, 0.2) is 5.82 Å². The number of hydrogen-bond acceptors (Lipinski definition) is 3. The summed E-state index contributed by atoms with van der Waals surface area (Å²) in [5.41, 5.74) is 2.42. The molecule has 0 unspecified atom stereocenters. The Morgan fingerprint density at radius 1 is 1.05 bits per heavy atom. The maximum Gasteiger partial charge on any atom is 0.159 e. The third kappa shape index (κ3) is 2.33. The summed E-state index contributed by atoms with van der Waals surface area (Å²) in [6, 6.07) is 15.4. The summed E-state index contributed by atoms with van der Waals surface area (Å²) in [6.45, 7) is 0. The molecule has 1 heterocycles. The molecule has 0 saturated heterocycles. The fourth-order valence-electron chi connectivity index (χ4n) is 1.84. The van der Waals surface area contributed by atoms with Crippen molar-refractivity contribution in [3.63, 3.8) is 0 Å². The van der Waals surface area contributed by atoms with Gasteiger partial charge in [0.2, 0.25) is 0 Å². The summed E-state index contributed by atoms with van der Waals surface area (Å²) in [5.74, 6) is 0.685. The molecular formula is C15H8BrN3. The minimum atomic E-state index is 0.618. The van der Waals surface area contributed by atoms with Gasteiger partial charge >= 0.3 is 0 Å². The SMILES string of the molecule is N#Cc1ccc2nc(-c3ccc(Br)cc3)ncc2c1. The van der Waals surface area contributed by atoms with Gasteiger partial charge in [-0.25, -0.2) is 9.97 Å². The first-order valence-electron chi connectivity index (χ1n) is 5.69. The second-order valence-electron chi connectivity index (χ2n) is 4.09. The third-order valence-electron chi connectivity index (χ3n) is 2.81. The summed E-state index contributed by atoms with van der Waals surface area (Å²) in [4.78, 5) is 8.86. The lowest BCUT2D eigenvalue weighted by molar-refractivity contribution is 1.22. The fraction of sp³-hybridized carbons (Fsp3) is 0. The van der Waals surface area contributed by atoms with E-state index in [4.69, 9.17) is 5.26 Å². The Balaban J connectivity index is 2.12. The van der Waals surface area contributed by atoms with E-state index in [0.29, 0.717) is 11.4 Å². The third-order valence-corrected chi connectivity index (χ3v) is 3.34. The van der Waals surface area contributed by atoms with Gasteiger partial charge in [-0.15, -0.1) is 0 Å². The Bertz CT molecular complexity index is 789. The Morgan fingerprint density at radius 2 is 1.84 bits per heavy atom. The van der Waals surface area contributed by atoms with Gasteiger partial charge in [-0.05, 0) is 30.3 Å². The molecule has 90 valence electrons. The molecule has 1 aromatic heterocycles. The van der Waals surface area contributed by atoms with Crippen LogP contribution in [-0.2, 0) is 0 Å². The van der Waals surface area contributed by atoms with Crippen molar-refractivity contribution in [3.05, 3.63) is 58.7 Å². The molecular weight excluding hydrogens is 302 g/mol. The largest absolute Gasteiger partial charge is 0.236 e. The van der Waals surface area contributed by atoms with Crippen LogP contribution < -0.4 is 0 Å². The fourth-order valence-corrected chi connectivity index (χ4v) is 2.11. The normalized spacial score (nSPS) is 10.3. The van der Waals surface area contributed by atoms with Crippen molar-refractivity contribution in [3.8, 4) is 17.5 Å². The zero-order chi connectivity index (χ0) is 13.2. The minimum Gasteiger partial charge on any atom is -0.236 e. The number of nitrogens with zero attached hydrogens (tertiary/aromatic N) is 3. The Hall–Kier alpha value is -2.25. The Morgan fingerprint density at radius 3 is 2.58 bits per heavy atom. The van der Waals surface area contributed by atoms with Crippen molar-refractivity contribution >= 4 is 26.8 Å². The number of benzene rings is 2. The number of rotatable bonds is 1. The molecule has 0 bridgehead atoms. The van der Waals surface area contributed by atoms with Crippen molar-refractivity contribution in [1.82, 2.24) is 9.97 Å². The van der Waals surface area contributed by atoms with E-state index in [0.717, 1.165) is 20.9 Å². The Kier molecular flexibility index (Phi) is 2.98. The number of aromatic nitrogens is 2. The van der Waals surface area contributed by atoms with Crippen molar-refractivity contribution in [2.45, 2.75) is 0 Å². The number of fused-ring (bicyclic) bond motifs is 1. The van der Waals surface area contributed by atoms with Gasteiger partial charge in [0, 0.05) is 21.6 Å². The second-order valence-corrected chi connectivity index (χ2v) is 5.00. The molecule has 0 aliphatic heterocycles. The predicted molar refractivity (Wildman–Crippen MR) is 77.4 cm³/mol. The van der Waals surface area contributed by atoms with Crippen molar-refractivity contribution < 1.29 is 0 Å². The monoisotopic (exact) mass is 309 g/mol. The quantitative estimate of drug-likeness (QED) is 0.684. The maximum atomic E-state index is 8.86. The highest BCUT2D eigenvalue weighted by molar-refractivity contribution is 9.10. The zero-order valence-corrected chi connectivity index (χ0v) is 11.4. The van der Waals surface area contributed by atoms with Crippen LogP contribution in [0, 0.1) is 11.3 Å². The molecule has 0 saturated carbocycles. The average molecular weight is 310 g/mol. The summed E-state index contributed by atoms with van der Waals surface area (Å²) in [7, 11) is 0. The standard InChI is InChI=1S/C15H8BrN3/c16-13-4-2-11(3-5-13)15-18-9-12-7-10(8-17)1-6-14(12)19-15/h1-7,9H. The first-order chi connectivity index (χ1) is 9.26. The molecule has 0 radical (unpaired) electrons. The smallest absolute Gasteiger partial charge is 0.159 e. The van der Waals surface area contributed by atoms with E-state index in [1.165, 1.54) is 0 Å². The van der Waals surface area contributed by atoms with E-state index in [1.54, 1.807) is 18.3 Å². The van der Waals surface area contributed by atoms with Crippen LogP contribution in [0.3, 0.4) is 0 Å². The molecule has 0 atom stereocenters. The van der Waals surface area contributed by atoms with Gasteiger partial charge in [-0.1, -0.05) is 28.1 Å². The Labute approximate surface area is 118 Å². The molecule has 3 rings (SSSR count). The van der Waals surface area contributed by atoms with E-state index < -0.39 is 0 Å². The van der Waals surface area contributed by atoms with Crippen molar-refractivity contribution in [1.29, 1.82) is 5.26 Å². The van der Waals surface area contributed by atoms with Crippen LogP contribution >= 0.6 is 15.9 Å². The van der Waals surface area contributed by atoms with Crippen LogP contribution in [0.15, 0.2) is 53.1 Å². The molecule has 0 amide bonds. The minimum absolute atomic E-state index is 0.618. The summed E-state index contributed by atoms with van der Waals surface area (Å²) >= 11 is 3.40. The summed E-state index contributed by atoms with van der Waals surface area (Å²) in [5, 5.41) is 9.74. The lowest BCUT2D eigenvalue weighted by atomic mass is 10.1. The topological polar surface area (TPSA) is 49.6 Å². The highest BCUT2D eigenvalue weighted by atomic mass is 79.9. The second kappa shape index (κ2) is 4.79. The van der Waals surface area contributed by atoms with Crippen LogP contribution in [0.5, 0.6) is 0 Å². The van der Waals surface area contributed by atoms with Gasteiger partial charge < -0.3 is 0 Å². The van der Waals surface area contributed by atoms with Crippen molar-refractivity contribution in [2.75, 3.05) is 0 Å².